The number of hydrogen-bond acceptors (Lipinski definition) is 8. The number of allylic oxidation sites excluding steroid dienone is 2. The van der Waals surface area contributed by atoms with Crippen LogP contribution in [-0.2, 0) is 22.4 Å². The smallest absolute Gasteiger partial charge is 0.407 e. The number of likely N-dealkylation sites (N-methyl/N-ethyl adjacent to an activating group) is 1. The number of nitrogens with one attached hydrogen (secondary N) is 2. The van der Waals surface area contributed by atoms with Crippen molar-refractivity contribution >= 4 is 18.1 Å². The normalized spacial score (nSPS) is 12.2. The summed E-state index contributed by atoms with van der Waals surface area (Å²) in [6.07, 6.45) is 13.9. The van der Waals surface area contributed by atoms with Gasteiger partial charge in [0.15, 0.2) is 11.7 Å². The van der Waals surface area contributed by atoms with E-state index in [4.69, 9.17) is 0 Å². The van der Waals surface area contributed by atoms with Crippen LogP contribution in [0.4, 0.5) is 19.4 Å². The molecular formula is C29H48F2N6O4. The number of amides is 1. The van der Waals surface area contributed by atoms with Crippen LogP contribution >= 0.6 is 0 Å². The molecule has 2 N–H and O–H groups in total. The zero-order valence-corrected chi connectivity index (χ0v) is 25.6. The second-order valence-corrected chi connectivity index (χ2v) is 8.93. The summed E-state index contributed by atoms with van der Waals surface area (Å²) >= 11 is 0. The molecule has 0 fully saturated rings. The molecule has 1 atom stereocenters. The predicted octanol–water partition coefficient (Wildman–Crippen LogP) is 6.07. The van der Waals surface area contributed by atoms with Crippen molar-refractivity contribution in [1.82, 2.24) is 19.8 Å². The number of nitrogens with zero attached hydrogens (tertiary/aromatic N) is 4. The minimum atomic E-state index is -2.92. The Bertz CT molecular complexity index is 1060. The number of unbranched alkanes of at least 4 members (excludes halogenated alkanes) is 3. The second-order valence-electron chi connectivity index (χ2n) is 8.93. The summed E-state index contributed by atoms with van der Waals surface area (Å²) in [5, 5.41) is 5.45. The van der Waals surface area contributed by atoms with Gasteiger partial charge in [-0.3, -0.25) is 9.79 Å². The molecule has 232 valence electrons. The van der Waals surface area contributed by atoms with Gasteiger partial charge in [0.1, 0.15) is 0 Å². The summed E-state index contributed by atoms with van der Waals surface area (Å²) in [5.74, 6) is 0.223. The summed E-state index contributed by atoms with van der Waals surface area (Å²) in [4.78, 5) is 33.1. The van der Waals surface area contributed by atoms with E-state index in [1.54, 1.807) is 44.1 Å². The molecule has 1 amide bonds. The summed E-state index contributed by atoms with van der Waals surface area (Å²) in [5.41, 5.74) is 1.04. The fraction of sp³-hybridized carbons (Fsp3) is 0.586. The fourth-order valence-corrected chi connectivity index (χ4v) is 3.33. The molecule has 41 heavy (non-hydrogen) atoms. The number of methoxy groups -OCH3 is 1. The van der Waals surface area contributed by atoms with Gasteiger partial charge < -0.3 is 29.6 Å². The van der Waals surface area contributed by atoms with Crippen molar-refractivity contribution in [2.24, 2.45) is 4.99 Å². The Labute approximate surface area is 243 Å². The topological polar surface area (TPSA) is 110 Å². The molecular weight excluding hydrogens is 534 g/mol. The van der Waals surface area contributed by atoms with Gasteiger partial charge in [0.2, 0.25) is 0 Å². The van der Waals surface area contributed by atoms with E-state index in [-0.39, 0.29) is 17.3 Å². The van der Waals surface area contributed by atoms with Gasteiger partial charge in [0.25, 0.3) is 5.56 Å². The maximum Gasteiger partial charge on any atom is 0.407 e. The van der Waals surface area contributed by atoms with Crippen molar-refractivity contribution in [1.29, 1.82) is 0 Å². The molecule has 0 radical (unpaired) electrons. The van der Waals surface area contributed by atoms with E-state index in [0.717, 1.165) is 37.8 Å². The number of alkyl carbamates (subject to hydrolysis) is 1. The van der Waals surface area contributed by atoms with E-state index >= 15 is 0 Å². The molecule has 12 heteroatoms. The zero-order valence-electron chi connectivity index (χ0n) is 25.6. The minimum absolute atomic E-state index is 0.0269. The Kier molecular flexibility index (Phi) is 20.1. The van der Waals surface area contributed by atoms with E-state index in [1.165, 1.54) is 18.1 Å². The Hall–Kier alpha value is -3.70. The van der Waals surface area contributed by atoms with Crippen LogP contribution in [-0.4, -0.2) is 60.1 Å². The maximum atomic E-state index is 12.8. The fourth-order valence-electron chi connectivity index (χ4n) is 3.33. The first kappa shape index (κ1) is 37.3. The first-order valence-electron chi connectivity index (χ1n) is 13.9. The Balaban J connectivity index is 0.00000112. The molecule has 1 rings (SSSR count). The average molecular weight is 583 g/mol. The lowest BCUT2D eigenvalue weighted by Gasteiger charge is -2.30. The van der Waals surface area contributed by atoms with Crippen molar-refractivity contribution in [3.63, 3.8) is 0 Å². The standard InChI is InChI=1S/C21H34F2N4O2.C8H14N2O2/c1-7-10-11-12-13-27-14-17(8-2)25-19(20(27)28)24-15(4)16(5)26(6)18(9-3)29-21(22)23;1-3-4-5-9-6-7-10-8(11)12-2/h9,14,16,21H,4,7-8,10-13H2,1-3,5-6H3,(H,24,25);4-6H,3,7H2,1-2H3,(H,10,11)/b18-9-;5-4-,9-6?. The van der Waals surface area contributed by atoms with Crippen LogP contribution in [0.2, 0.25) is 0 Å². The van der Waals surface area contributed by atoms with E-state index in [0.29, 0.717) is 25.2 Å². The lowest BCUT2D eigenvalue weighted by atomic mass is 10.2. The Morgan fingerprint density at radius 3 is 2.54 bits per heavy atom. The third kappa shape index (κ3) is 15.6. The number of halogens is 2. The van der Waals surface area contributed by atoms with Crippen LogP contribution in [0.3, 0.4) is 0 Å². The van der Waals surface area contributed by atoms with Gasteiger partial charge in [-0.15, -0.1) is 0 Å². The van der Waals surface area contributed by atoms with E-state index in [2.05, 4.69) is 43.6 Å². The van der Waals surface area contributed by atoms with Crippen molar-refractivity contribution < 1.29 is 23.0 Å². The molecule has 0 saturated carbocycles. The lowest BCUT2D eigenvalue weighted by Crippen LogP contribution is -2.35. The molecule has 0 aliphatic carbocycles. The monoisotopic (exact) mass is 582 g/mol. The van der Waals surface area contributed by atoms with Crippen LogP contribution in [0.5, 0.6) is 0 Å². The van der Waals surface area contributed by atoms with E-state index in [1.807, 2.05) is 19.9 Å². The van der Waals surface area contributed by atoms with Gasteiger partial charge in [-0.05, 0) is 39.2 Å². The minimum Gasteiger partial charge on any atom is -0.453 e. The number of hydrogen-bond donors (Lipinski definition) is 2. The number of ether oxygens (including phenoxy) is 2. The van der Waals surface area contributed by atoms with Crippen molar-refractivity contribution in [2.75, 3.05) is 26.0 Å². The van der Waals surface area contributed by atoms with Crippen LogP contribution < -0.4 is 16.2 Å². The highest BCUT2D eigenvalue weighted by molar-refractivity contribution is 5.72. The summed E-state index contributed by atoms with van der Waals surface area (Å²) in [6, 6.07) is -0.413. The molecule has 0 aliphatic rings. The van der Waals surface area contributed by atoms with Crippen LogP contribution in [0.15, 0.2) is 52.5 Å². The molecule has 0 spiro atoms. The van der Waals surface area contributed by atoms with Gasteiger partial charge in [-0.1, -0.05) is 52.7 Å². The Morgan fingerprint density at radius 1 is 1.27 bits per heavy atom. The quantitative estimate of drug-likeness (QED) is 0.130. The number of alkyl halides is 2. The molecule has 0 aliphatic heterocycles. The predicted molar refractivity (Wildman–Crippen MR) is 161 cm³/mol. The highest BCUT2D eigenvalue weighted by Gasteiger charge is 2.20. The van der Waals surface area contributed by atoms with Crippen LogP contribution in [0.25, 0.3) is 0 Å². The highest BCUT2D eigenvalue weighted by Crippen LogP contribution is 2.17. The molecule has 0 bridgehead atoms. The molecule has 1 unspecified atom stereocenters. The first-order valence-corrected chi connectivity index (χ1v) is 13.9. The number of carbonyl (C=O) groups excluding carboxylic acids is 1. The van der Waals surface area contributed by atoms with Crippen LogP contribution in [0, 0.1) is 0 Å². The number of carbonyl (C=O) groups is 1. The van der Waals surface area contributed by atoms with Crippen molar-refractivity contribution in [3.05, 3.63) is 58.8 Å². The average Bonchev–Trinajstić information content (AvgIpc) is 2.96. The molecule has 0 saturated heterocycles. The summed E-state index contributed by atoms with van der Waals surface area (Å²) < 4.78 is 35.7. The number of aromatic nitrogens is 2. The molecule has 0 aromatic carbocycles. The number of aliphatic imine (C=N–C) groups is 1. The molecule has 1 aromatic heterocycles. The van der Waals surface area contributed by atoms with E-state index < -0.39 is 18.7 Å². The number of anilines is 1. The number of aryl methyl sites for hydroxylation is 2. The summed E-state index contributed by atoms with van der Waals surface area (Å²) in [6.45, 7) is 11.6. The second kappa shape index (κ2) is 22.0. The van der Waals surface area contributed by atoms with Gasteiger partial charge in [-0.2, -0.15) is 8.78 Å². The van der Waals surface area contributed by atoms with Gasteiger partial charge in [0.05, 0.1) is 25.4 Å². The van der Waals surface area contributed by atoms with E-state index in [9.17, 15) is 18.4 Å². The number of rotatable bonds is 17. The Morgan fingerprint density at radius 2 is 1.98 bits per heavy atom. The maximum absolute atomic E-state index is 12.8. The molecule has 1 heterocycles. The van der Waals surface area contributed by atoms with Crippen molar-refractivity contribution in [3.8, 4) is 0 Å². The van der Waals surface area contributed by atoms with Gasteiger partial charge in [0, 0.05) is 37.9 Å². The first-order chi connectivity index (χ1) is 19.6. The molecule has 10 nitrogen and oxygen atoms in total. The SMILES string of the molecule is C=C(Nc1nc(CC)cn(CCCCCC)c1=O)C(C)N(C)/C(=C/C)OC(F)F.CC/C=C\N=CCNC(=O)OC. The van der Waals surface area contributed by atoms with Gasteiger partial charge >= 0.3 is 12.7 Å². The largest absolute Gasteiger partial charge is 0.453 e. The third-order valence-electron chi connectivity index (χ3n) is 5.86. The van der Waals surface area contributed by atoms with Gasteiger partial charge in [-0.25, -0.2) is 9.78 Å². The summed E-state index contributed by atoms with van der Waals surface area (Å²) in [7, 11) is 2.95. The lowest BCUT2D eigenvalue weighted by molar-refractivity contribution is -0.117. The van der Waals surface area contributed by atoms with Crippen molar-refractivity contribution in [2.45, 2.75) is 92.3 Å². The zero-order chi connectivity index (χ0) is 31.2. The third-order valence-corrected chi connectivity index (χ3v) is 5.86. The molecule has 1 aromatic rings. The van der Waals surface area contributed by atoms with Crippen LogP contribution in [0.1, 0.15) is 72.4 Å². The highest BCUT2D eigenvalue weighted by atomic mass is 19.3.